The van der Waals surface area contributed by atoms with Gasteiger partial charge in [-0.25, -0.2) is 0 Å². The number of anilines is 1. The van der Waals surface area contributed by atoms with Crippen LogP contribution in [0.2, 0.25) is 5.02 Å². The topological polar surface area (TPSA) is 21.3 Å². The summed E-state index contributed by atoms with van der Waals surface area (Å²) in [5.41, 5.74) is 5.70. The largest absolute Gasteiger partial charge is 0.488 e. The highest BCUT2D eigenvalue weighted by Gasteiger charge is 2.08. The minimum Gasteiger partial charge on any atom is -0.488 e. The third-order valence-corrected chi connectivity index (χ3v) is 5.08. The predicted molar refractivity (Wildman–Crippen MR) is 113 cm³/mol. The molecule has 0 aliphatic carbocycles. The van der Waals surface area contributed by atoms with Gasteiger partial charge < -0.3 is 10.1 Å². The lowest BCUT2D eigenvalue weighted by Crippen LogP contribution is -2.05. The first-order chi connectivity index (χ1) is 12.5. The molecule has 0 amide bonds. The standard InChI is InChI=1S/C22H21BrClNO/c1-15-7-9-21(16(2)11-15)25-13-18-12-19(23)8-10-22(18)26-14-17-5-3-4-6-20(17)24/h3-12,25H,13-14H2,1-2H3. The summed E-state index contributed by atoms with van der Waals surface area (Å²) in [7, 11) is 0. The minimum atomic E-state index is 0.442. The summed E-state index contributed by atoms with van der Waals surface area (Å²) < 4.78 is 7.08. The monoisotopic (exact) mass is 429 g/mol. The van der Waals surface area contributed by atoms with Crippen LogP contribution in [0.4, 0.5) is 5.69 Å². The van der Waals surface area contributed by atoms with Crippen molar-refractivity contribution in [3.63, 3.8) is 0 Å². The Bertz CT molecular complexity index is 910. The lowest BCUT2D eigenvalue weighted by Gasteiger charge is -2.15. The number of aryl methyl sites for hydroxylation is 2. The average molecular weight is 431 g/mol. The Labute approximate surface area is 168 Å². The van der Waals surface area contributed by atoms with Gasteiger partial charge in [0.1, 0.15) is 12.4 Å². The molecule has 3 rings (SSSR count). The second-order valence-electron chi connectivity index (χ2n) is 6.30. The highest BCUT2D eigenvalue weighted by molar-refractivity contribution is 9.10. The van der Waals surface area contributed by atoms with Crippen LogP contribution in [0.1, 0.15) is 22.3 Å². The van der Waals surface area contributed by atoms with Crippen LogP contribution in [0.3, 0.4) is 0 Å². The van der Waals surface area contributed by atoms with Gasteiger partial charge in [0.2, 0.25) is 0 Å². The van der Waals surface area contributed by atoms with Crippen molar-refractivity contribution in [2.75, 3.05) is 5.32 Å². The zero-order chi connectivity index (χ0) is 18.5. The SMILES string of the molecule is Cc1ccc(NCc2cc(Br)ccc2OCc2ccccc2Cl)c(C)c1. The zero-order valence-corrected chi connectivity index (χ0v) is 17.2. The number of halogens is 2. The molecule has 0 aliphatic heterocycles. The molecule has 0 aromatic heterocycles. The normalized spacial score (nSPS) is 10.6. The van der Waals surface area contributed by atoms with Gasteiger partial charge in [-0.1, -0.05) is 63.4 Å². The van der Waals surface area contributed by atoms with Gasteiger partial charge in [-0.05, 0) is 49.7 Å². The van der Waals surface area contributed by atoms with Gasteiger partial charge >= 0.3 is 0 Å². The molecule has 0 radical (unpaired) electrons. The molecule has 0 saturated heterocycles. The molecule has 0 aliphatic rings. The number of nitrogens with one attached hydrogen (secondary N) is 1. The van der Waals surface area contributed by atoms with Crippen LogP contribution in [-0.4, -0.2) is 0 Å². The lowest BCUT2D eigenvalue weighted by molar-refractivity contribution is 0.303. The molecule has 4 heteroatoms. The average Bonchev–Trinajstić information content (AvgIpc) is 2.61. The van der Waals surface area contributed by atoms with E-state index in [2.05, 4.69) is 59.4 Å². The number of benzene rings is 3. The van der Waals surface area contributed by atoms with Crippen LogP contribution >= 0.6 is 27.5 Å². The zero-order valence-electron chi connectivity index (χ0n) is 14.9. The summed E-state index contributed by atoms with van der Waals surface area (Å²) in [5.74, 6) is 0.852. The number of hydrogen-bond acceptors (Lipinski definition) is 2. The molecule has 1 N–H and O–H groups in total. The molecule has 0 bridgehead atoms. The Kier molecular flexibility index (Phi) is 6.23. The minimum absolute atomic E-state index is 0.442. The summed E-state index contributed by atoms with van der Waals surface area (Å²) in [4.78, 5) is 0. The highest BCUT2D eigenvalue weighted by Crippen LogP contribution is 2.27. The summed E-state index contributed by atoms with van der Waals surface area (Å²) in [5, 5.41) is 4.23. The van der Waals surface area contributed by atoms with Crippen molar-refractivity contribution in [1.29, 1.82) is 0 Å². The maximum atomic E-state index is 6.23. The smallest absolute Gasteiger partial charge is 0.124 e. The Morgan fingerprint density at radius 2 is 1.77 bits per heavy atom. The van der Waals surface area contributed by atoms with Gasteiger partial charge in [0, 0.05) is 32.9 Å². The molecule has 3 aromatic carbocycles. The molecule has 3 aromatic rings. The van der Waals surface area contributed by atoms with Crippen LogP contribution in [0.15, 0.2) is 65.1 Å². The van der Waals surface area contributed by atoms with Crippen molar-refractivity contribution in [3.05, 3.63) is 92.4 Å². The molecule has 134 valence electrons. The first kappa shape index (κ1) is 18.8. The van der Waals surface area contributed by atoms with Crippen LogP contribution in [0.25, 0.3) is 0 Å². The van der Waals surface area contributed by atoms with E-state index in [4.69, 9.17) is 16.3 Å². The van der Waals surface area contributed by atoms with E-state index in [0.717, 1.165) is 32.1 Å². The van der Waals surface area contributed by atoms with Gasteiger partial charge in [0.05, 0.1) is 0 Å². The highest BCUT2D eigenvalue weighted by atomic mass is 79.9. The fraction of sp³-hybridized carbons (Fsp3) is 0.182. The van der Waals surface area contributed by atoms with Crippen LogP contribution in [-0.2, 0) is 13.2 Å². The van der Waals surface area contributed by atoms with Gasteiger partial charge in [0.15, 0.2) is 0 Å². The van der Waals surface area contributed by atoms with Crippen molar-refractivity contribution in [2.45, 2.75) is 27.0 Å². The first-order valence-corrected chi connectivity index (χ1v) is 9.66. The summed E-state index contributed by atoms with van der Waals surface area (Å²) in [6.07, 6.45) is 0. The van der Waals surface area contributed by atoms with E-state index in [1.54, 1.807) is 0 Å². The predicted octanol–water partition coefficient (Wildman–Crippen LogP) is 6.91. The molecule has 0 spiro atoms. The van der Waals surface area contributed by atoms with Gasteiger partial charge in [0.25, 0.3) is 0 Å². The lowest BCUT2D eigenvalue weighted by atomic mass is 10.1. The van der Waals surface area contributed by atoms with Gasteiger partial charge in [-0.2, -0.15) is 0 Å². The van der Waals surface area contributed by atoms with Crippen LogP contribution < -0.4 is 10.1 Å². The van der Waals surface area contributed by atoms with E-state index in [0.29, 0.717) is 13.2 Å². The Hall–Kier alpha value is -1.97. The Morgan fingerprint density at radius 3 is 2.54 bits per heavy atom. The van der Waals surface area contributed by atoms with E-state index in [-0.39, 0.29) is 0 Å². The molecule has 0 heterocycles. The van der Waals surface area contributed by atoms with E-state index >= 15 is 0 Å². The Balaban J connectivity index is 1.74. The van der Waals surface area contributed by atoms with E-state index in [1.807, 2.05) is 36.4 Å². The third kappa shape index (κ3) is 4.80. The quantitative estimate of drug-likeness (QED) is 0.458. The third-order valence-electron chi connectivity index (χ3n) is 4.21. The summed E-state index contributed by atoms with van der Waals surface area (Å²) in [6, 6.07) is 20.2. The number of hydrogen-bond donors (Lipinski definition) is 1. The van der Waals surface area contributed by atoms with Crippen molar-refractivity contribution in [3.8, 4) is 5.75 Å². The van der Waals surface area contributed by atoms with Crippen molar-refractivity contribution in [1.82, 2.24) is 0 Å². The maximum Gasteiger partial charge on any atom is 0.124 e. The van der Waals surface area contributed by atoms with Crippen molar-refractivity contribution in [2.24, 2.45) is 0 Å². The van der Waals surface area contributed by atoms with E-state index in [9.17, 15) is 0 Å². The summed E-state index contributed by atoms with van der Waals surface area (Å²) in [6.45, 7) is 5.34. The van der Waals surface area contributed by atoms with Crippen LogP contribution in [0.5, 0.6) is 5.75 Å². The van der Waals surface area contributed by atoms with Crippen LogP contribution in [0, 0.1) is 13.8 Å². The van der Waals surface area contributed by atoms with Gasteiger partial charge in [-0.3, -0.25) is 0 Å². The van der Waals surface area contributed by atoms with Crippen molar-refractivity contribution >= 4 is 33.2 Å². The molecule has 0 atom stereocenters. The molecular weight excluding hydrogens is 410 g/mol. The van der Waals surface area contributed by atoms with Crippen molar-refractivity contribution < 1.29 is 4.74 Å². The molecule has 0 unspecified atom stereocenters. The van der Waals surface area contributed by atoms with E-state index in [1.165, 1.54) is 11.1 Å². The molecule has 2 nitrogen and oxygen atoms in total. The number of rotatable bonds is 6. The molecule has 0 fully saturated rings. The molecule has 26 heavy (non-hydrogen) atoms. The molecular formula is C22H21BrClNO. The summed E-state index contributed by atoms with van der Waals surface area (Å²) >= 11 is 9.78. The second-order valence-corrected chi connectivity index (χ2v) is 7.63. The first-order valence-electron chi connectivity index (χ1n) is 8.48. The maximum absolute atomic E-state index is 6.23. The van der Waals surface area contributed by atoms with E-state index < -0.39 is 0 Å². The second kappa shape index (κ2) is 8.61. The number of ether oxygens (including phenoxy) is 1. The fourth-order valence-corrected chi connectivity index (χ4v) is 3.40. The Morgan fingerprint density at radius 1 is 0.962 bits per heavy atom. The molecule has 0 saturated carbocycles. The fourth-order valence-electron chi connectivity index (χ4n) is 2.80. The van der Waals surface area contributed by atoms with Gasteiger partial charge in [-0.15, -0.1) is 0 Å².